The summed E-state index contributed by atoms with van der Waals surface area (Å²) < 4.78 is 0. The lowest BCUT2D eigenvalue weighted by atomic mass is 10.1. The molecule has 2 fully saturated rings. The minimum Gasteiger partial charge on any atom is -0.481 e. The first-order valence-electron chi connectivity index (χ1n) is 7.74. The van der Waals surface area contributed by atoms with Crippen molar-refractivity contribution in [3.05, 3.63) is 0 Å². The summed E-state index contributed by atoms with van der Waals surface area (Å²) in [6, 6.07) is -0.454. The van der Waals surface area contributed by atoms with Crippen LogP contribution in [0.4, 0.5) is 0 Å². The van der Waals surface area contributed by atoms with Gasteiger partial charge in [0.25, 0.3) is 0 Å². The van der Waals surface area contributed by atoms with Gasteiger partial charge >= 0.3 is 5.97 Å². The maximum absolute atomic E-state index is 12.7. The second-order valence-corrected chi connectivity index (χ2v) is 6.23. The fraction of sp³-hybridized carbons (Fsp3) is 0.800. The molecule has 6 nitrogen and oxygen atoms in total. The van der Waals surface area contributed by atoms with Crippen LogP contribution < -0.4 is 0 Å². The zero-order chi connectivity index (χ0) is 15.6. The van der Waals surface area contributed by atoms with Gasteiger partial charge in [-0.1, -0.05) is 0 Å². The lowest BCUT2D eigenvalue weighted by Gasteiger charge is -2.32. The molecule has 0 aromatic carbocycles. The third kappa shape index (κ3) is 3.74. The van der Waals surface area contributed by atoms with Gasteiger partial charge < -0.3 is 14.9 Å². The van der Waals surface area contributed by atoms with E-state index in [0.717, 1.165) is 19.3 Å². The molecule has 2 amide bonds. The number of likely N-dealkylation sites (tertiary alicyclic amines) is 1. The molecule has 1 atom stereocenters. The predicted octanol–water partition coefficient (Wildman–Crippen LogP) is 1.10. The monoisotopic (exact) mass is 296 g/mol. The molecule has 118 valence electrons. The van der Waals surface area contributed by atoms with E-state index in [1.165, 1.54) is 0 Å². The summed E-state index contributed by atoms with van der Waals surface area (Å²) in [7, 11) is 0. The fourth-order valence-corrected chi connectivity index (χ4v) is 2.88. The molecule has 1 N–H and O–H groups in total. The smallest absolute Gasteiger partial charge is 0.305 e. The van der Waals surface area contributed by atoms with Crippen LogP contribution in [-0.2, 0) is 14.4 Å². The van der Waals surface area contributed by atoms with E-state index in [-0.39, 0.29) is 36.7 Å². The van der Waals surface area contributed by atoms with Crippen LogP contribution in [0.15, 0.2) is 0 Å². The highest BCUT2D eigenvalue weighted by atomic mass is 16.4. The number of hydrogen-bond acceptors (Lipinski definition) is 3. The standard InChI is InChI=1S/C15H24N2O4/c1-10(2)16(9-7-13(18)19)15(21)12-4-3-8-17(12)14(20)11-5-6-11/h10-12H,3-9H2,1-2H3,(H,18,19). The third-order valence-electron chi connectivity index (χ3n) is 4.22. The molecule has 0 bridgehead atoms. The topological polar surface area (TPSA) is 77.9 Å². The van der Waals surface area contributed by atoms with Crippen molar-refractivity contribution in [2.24, 2.45) is 5.92 Å². The van der Waals surface area contributed by atoms with Crippen molar-refractivity contribution >= 4 is 17.8 Å². The van der Waals surface area contributed by atoms with Crippen LogP contribution in [0.5, 0.6) is 0 Å². The zero-order valence-electron chi connectivity index (χ0n) is 12.7. The molecule has 1 unspecified atom stereocenters. The van der Waals surface area contributed by atoms with Gasteiger partial charge in [-0.05, 0) is 39.5 Å². The Hall–Kier alpha value is -1.59. The third-order valence-corrected chi connectivity index (χ3v) is 4.22. The molecule has 0 spiro atoms. The molecule has 6 heteroatoms. The molecule has 1 aliphatic carbocycles. The SMILES string of the molecule is CC(C)N(CCC(=O)O)C(=O)C1CCCN1C(=O)C1CC1. The number of rotatable bonds is 6. The summed E-state index contributed by atoms with van der Waals surface area (Å²) >= 11 is 0. The first-order chi connectivity index (χ1) is 9.91. The lowest BCUT2D eigenvalue weighted by molar-refractivity contribution is -0.146. The minimum atomic E-state index is -0.911. The van der Waals surface area contributed by atoms with Crippen molar-refractivity contribution in [1.29, 1.82) is 0 Å². The second kappa shape index (κ2) is 6.45. The van der Waals surface area contributed by atoms with Crippen LogP contribution in [-0.4, -0.2) is 57.9 Å². The Morgan fingerprint density at radius 1 is 1.24 bits per heavy atom. The highest BCUT2D eigenvalue weighted by Crippen LogP contribution is 2.34. The predicted molar refractivity (Wildman–Crippen MR) is 76.6 cm³/mol. The van der Waals surface area contributed by atoms with Crippen molar-refractivity contribution in [2.75, 3.05) is 13.1 Å². The summed E-state index contributed by atoms with van der Waals surface area (Å²) in [5.74, 6) is -0.791. The highest BCUT2D eigenvalue weighted by molar-refractivity contribution is 5.90. The number of aliphatic carboxylic acids is 1. The van der Waals surface area contributed by atoms with E-state index < -0.39 is 12.0 Å². The summed E-state index contributed by atoms with van der Waals surface area (Å²) in [6.45, 7) is 4.61. The molecule has 2 rings (SSSR count). The van der Waals surface area contributed by atoms with Gasteiger partial charge in [-0.3, -0.25) is 14.4 Å². The van der Waals surface area contributed by atoms with Gasteiger partial charge in [-0.2, -0.15) is 0 Å². The van der Waals surface area contributed by atoms with Crippen LogP contribution in [0, 0.1) is 5.92 Å². The quantitative estimate of drug-likeness (QED) is 0.796. The number of nitrogens with zero attached hydrogens (tertiary/aromatic N) is 2. The minimum absolute atomic E-state index is 0.0599. The molecule has 21 heavy (non-hydrogen) atoms. The summed E-state index contributed by atoms with van der Waals surface area (Å²) in [5, 5.41) is 8.81. The van der Waals surface area contributed by atoms with Crippen LogP contribution >= 0.6 is 0 Å². The molecule has 2 aliphatic rings. The Labute approximate surface area is 125 Å². The van der Waals surface area contributed by atoms with Gasteiger partial charge in [0.15, 0.2) is 0 Å². The molecule has 0 radical (unpaired) electrons. The second-order valence-electron chi connectivity index (χ2n) is 6.23. The van der Waals surface area contributed by atoms with Gasteiger partial charge in [0.2, 0.25) is 11.8 Å². The number of carboxylic acids is 1. The van der Waals surface area contributed by atoms with Gasteiger partial charge in [0.05, 0.1) is 6.42 Å². The average Bonchev–Trinajstić information content (AvgIpc) is 3.14. The Bertz CT molecular complexity index is 431. The van der Waals surface area contributed by atoms with Crippen LogP contribution in [0.2, 0.25) is 0 Å². The van der Waals surface area contributed by atoms with E-state index in [1.54, 1.807) is 9.80 Å². The number of hydrogen-bond donors (Lipinski definition) is 1. The molecule has 1 heterocycles. The Balaban J connectivity index is 2.03. The largest absolute Gasteiger partial charge is 0.481 e. The van der Waals surface area contributed by atoms with E-state index in [9.17, 15) is 14.4 Å². The summed E-state index contributed by atoms with van der Waals surface area (Å²) in [4.78, 5) is 39.0. The van der Waals surface area contributed by atoms with Crippen LogP contribution in [0.3, 0.4) is 0 Å². The molecule has 0 aromatic heterocycles. The van der Waals surface area contributed by atoms with Crippen molar-refractivity contribution in [1.82, 2.24) is 9.80 Å². The normalized spacial score (nSPS) is 21.7. The van der Waals surface area contributed by atoms with E-state index in [4.69, 9.17) is 5.11 Å². The molecule has 1 aliphatic heterocycles. The Morgan fingerprint density at radius 3 is 2.43 bits per heavy atom. The van der Waals surface area contributed by atoms with Gasteiger partial charge in [0.1, 0.15) is 6.04 Å². The van der Waals surface area contributed by atoms with Crippen molar-refractivity contribution in [3.8, 4) is 0 Å². The number of carboxylic acid groups (broad SMARTS) is 1. The van der Waals surface area contributed by atoms with Crippen LogP contribution in [0.25, 0.3) is 0 Å². The number of carbonyl (C=O) groups is 3. The maximum Gasteiger partial charge on any atom is 0.305 e. The average molecular weight is 296 g/mol. The number of amides is 2. The first-order valence-corrected chi connectivity index (χ1v) is 7.74. The first kappa shape index (κ1) is 15.8. The van der Waals surface area contributed by atoms with E-state index in [1.807, 2.05) is 13.8 Å². The van der Waals surface area contributed by atoms with Crippen molar-refractivity contribution in [2.45, 2.75) is 58.0 Å². The molecule has 0 aromatic rings. The zero-order valence-corrected chi connectivity index (χ0v) is 12.7. The van der Waals surface area contributed by atoms with Gasteiger partial charge in [0, 0.05) is 25.0 Å². The van der Waals surface area contributed by atoms with Gasteiger partial charge in [-0.15, -0.1) is 0 Å². The van der Waals surface area contributed by atoms with Crippen LogP contribution in [0.1, 0.15) is 46.0 Å². The molecular weight excluding hydrogens is 272 g/mol. The number of carbonyl (C=O) groups excluding carboxylic acids is 2. The van der Waals surface area contributed by atoms with E-state index in [0.29, 0.717) is 13.0 Å². The molecule has 1 saturated carbocycles. The Morgan fingerprint density at radius 2 is 1.90 bits per heavy atom. The van der Waals surface area contributed by atoms with E-state index >= 15 is 0 Å². The van der Waals surface area contributed by atoms with Crippen molar-refractivity contribution < 1.29 is 19.5 Å². The van der Waals surface area contributed by atoms with E-state index in [2.05, 4.69) is 0 Å². The lowest BCUT2D eigenvalue weighted by Crippen LogP contribution is -2.50. The van der Waals surface area contributed by atoms with Crippen molar-refractivity contribution in [3.63, 3.8) is 0 Å². The molecule has 1 saturated heterocycles. The fourth-order valence-electron chi connectivity index (χ4n) is 2.88. The molecular formula is C15H24N2O4. The van der Waals surface area contributed by atoms with Gasteiger partial charge in [-0.25, -0.2) is 0 Å². The summed E-state index contributed by atoms with van der Waals surface area (Å²) in [5.41, 5.74) is 0. The Kier molecular flexibility index (Phi) is 4.85. The highest BCUT2D eigenvalue weighted by Gasteiger charge is 2.42. The maximum atomic E-state index is 12.7. The summed E-state index contributed by atoms with van der Waals surface area (Å²) in [6.07, 6.45) is 3.34.